The summed E-state index contributed by atoms with van der Waals surface area (Å²) in [5.41, 5.74) is 1.09. The van der Waals surface area contributed by atoms with Crippen LogP contribution in [0.2, 0.25) is 0 Å². The summed E-state index contributed by atoms with van der Waals surface area (Å²) in [6.07, 6.45) is 1.58. The Kier molecular flexibility index (Phi) is 5.71. The average molecular weight is 286 g/mol. The number of aryl methyl sites for hydroxylation is 1. The van der Waals surface area contributed by atoms with Crippen LogP contribution in [0.5, 0.6) is 0 Å². The molecule has 19 heavy (non-hydrogen) atoms. The quantitative estimate of drug-likeness (QED) is 0.700. The molecule has 0 atom stereocenters. The molecule has 0 saturated carbocycles. The van der Waals surface area contributed by atoms with Crippen molar-refractivity contribution in [2.24, 2.45) is 0 Å². The highest BCUT2D eigenvalue weighted by atomic mass is 32.2. The van der Waals surface area contributed by atoms with Crippen LogP contribution >= 0.6 is 0 Å². The van der Waals surface area contributed by atoms with E-state index in [1.165, 1.54) is 4.31 Å². The summed E-state index contributed by atoms with van der Waals surface area (Å²) in [6.45, 7) is 11.0. The minimum Gasteiger partial charge on any atom is -0.311 e. The number of nitrogens with zero attached hydrogens (tertiary/aromatic N) is 2. The van der Waals surface area contributed by atoms with Gasteiger partial charge in [0.25, 0.3) is 0 Å². The van der Waals surface area contributed by atoms with Crippen LogP contribution in [-0.4, -0.2) is 42.6 Å². The number of nitrogens with one attached hydrogen (secondary N) is 2. The third kappa shape index (κ3) is 3.43. The van der Waals surface area contributed by atoms with Gasteiger partial charge in [0.1, 0.15) is 4.90 Å². The van der Waals surface area contributed by atoms with Gasteiger partial charge in [-0.05, 0) is 13.5 Å². The molecule has 1 aromatic rings. The molecule has 2 N–H and O–H groups in total. The molecule has 0 aliphatic heterocycles. The third-order valence-electron chi connectivity index (χ3n) is 2.79. The maximum absolute atomic E-state index is 12.6. The van der Waals surface area contributed by atoms with Crippen LogP contribution < -0.4 is 5.32 Å². The summed E-state index contributed by atoms with van der Waals surface area (Å²) in [6, 6.07) is 0. The Labute approximate surface area is 114 Å². The standard InChI is InChI=1S/C12H22N4O2S/c1-5-8-16(7-3)19(17,18)12-10(4)14-15-11(12)9-13-6-2/h5,13H,1,6-9H2,2-4H3,(H,14,15). The number of likely N-dealkylation sites (N-methyl/N-ethyl adjacent to an activating group) is 1. The van der Waals surface area contributed by atoms with E-state index in [0.29, 0.717) is 31.0 Å². The molecule has 0 amide bonds. The lowest BCUT2D eigenvalue weighted by molar-refractivity contribution is 0.458. The molecule has 108 valence electrons. The average Bonchev–Trinajstić information content (AvgIpc) is 2.75. The summed E-state index contributed by atoms with van der Waals surface area (Å²) in [4.78, 5) is 0.275. The van der Waals surface area contributed by atoms with Crippen LogP contribution in [-0.2, 0) is 16.6 Å². The molecule has 0 aliphatic rings. The zero-order valence-corrected chi connectivity index (χ0v) is 12.5. The van der Waals surface area contributed by atoms with Crippen molar-refractivity contribution in [2.45, 2.75) is 32.2 Å². The second-order valence-corrected chi connectivity index (χ2v) is 6.02. The number of hydrogen-bond acceptors (Lipinski definition) is 4. The minimum absolute atomic E-state index is 0.275. The molecule has 1 aromatic heterocycles. The number of rotatable bonds is 8. The second-order valence-electron chi connectivity index (χ2n) is 4.15. The van der Waals surface area contributed by atoms with Crippen molar-refractivity contribution >= 4 is 10.0 Å². The lowest BCUT2D eigenvalue weighted by Gasteiger charge is -2.19. The monoisotopic (exact) mass is 286 g/mol. The van der Waals surface area contributed by atoms with Crippen LogP contribution in [0.15, 0.2) is 17.6 Å². The highest BCUT2D eigenvalue weighted by Gasteiger charge is 2.29. The Hall–Kier alpha value is -1.18. The molecule has 0 aliphatic carbocycles. The van der Waals surface area contributed by atoms with E-state index in [0.717, 1.165) is 6.54 Å². The van der Waals surface area contributed by atoms with Gasteiger partial charge in [-0.3, -0.25) is 5.10 Å². The number of sulfonamides is 1. The summed E-state index contributed by atoms with van der Waals surface area (Å²) in [5, 5.41) is 9.92. The van der Waals surface area contributed by atoms with E-state index in [1.54, 1.807) is 19.9 Å². The van der Waals surface area contributed by atoms with Crippen LogP contribution in [0, 0.1) is 6.92 Å². The Morgan fingerprint density at radius 1 is 1.47 bits per heavy atom. The summed E-state index contributed by atoms with van der Waals surface area (Å²) in [5.74, 6) is 0. The molecule has 0 spiro atoms. The smallest absolute Gasteiger partial charge is 0.247 e. The SMILES string of the molecule is C=CCN(CC)S(=O)(=O)c1c(CNCC)n[nH]c1C. The molecule has 0 unspecified atom stereocenters. The molecule has 7 heteroatoms. The lowest BCUT2D eigenvalue weighted by atomic mass is 10.3. The van der Waals surface area contributed by atoms with Gasteiger partial charge in [-0.15, -0.1) is 6.58 Å². The fraction of sp³-hybridized carbons (Fsp3) is 0.583. The summed E-state index contributed by atoms with van der Waals surface area (Å²) in [7, 11) is -3.53. The predicted octanol–water partition coefficient (Wildman–Crippen LogP) is 1.02. The number of aromatic amines is 1. The zero-order valence-electron chi connectivity index (χ0n) is 11.7. The molecule has 1 heterocycles. The molecular formula is C12H22N4O2S. The van der Waals surface area contributed by atoms with Gasteiger partial charge in [0.15, 0.2) is 0 Å². The maximum Gasteiger partial charge on any atom is 0.247 e. The van der Waals surface area contributed by atoms with Gasteiger partial charge in [-0.25, -0.2) is 8.42 Å². The Balaban J connectivity index is 3.19. The first-order valence-electron chi connectivity index (χ1n) is 6.34. The largest absolute Gasteiger partial charge is 0.311 e. The maximum atomic E-state index is 12.6. The molecule has 0 aromatic carbocycles. The van der Waals surface area contributed by atoms with Gasteiger partial charge < -0.3 is 5.32 Å². The van der Waals surface area contributed by atoms with Crippen molar-refractivity contribution in [3.05, 3.63) is 24.0 Å². The molecule has 0 saturated heterocycles. The van der Waals surface area contributed by atoms with Crippen molar-refractivity contribution in [3.63, 3.8) is 0 Å². The Bertz CT molecular complexity index is 522. The van der Waals surface area contributed by atoms with E-state index < -0.39 is 10.0 Å². The van der Waals surface area contributed by atoms with Crippen LogP contribution in [0.25, 0.3) is 0 Å². The fourth-order valence-corrected chi connectivity index (χ4v) is 3.59. The number of H-pyrrole nitrogens is 1. The van der Waals surface area contributed by atoms with E-state index >= 15 is 0 Å². The Morgan fingerprint density at radius 3 is 2.68 bits per heavy atom. The van der Waals surface area contributed by atoms with Gasteiger partial charge in [-0.1, -0.05) is 19.9 Å². The van der Waals surface area contributed by atoms with Crippen molar-refractivity contribution in [3.8, 4) is 0 Å². The highest BCUT2D eigenvalue weighted by Crippen LogP contribution is 2.22. The fourth-order valence-electron chi connectivity index (χ4n) is 1.85. The van der Waals surface area contributed by atoms with Crippen molar-refractivity contribution < 1.29 is 8.42 Å². The van der Waals surface area contributed by atoms with E-state index in [-0.39, 0.29) is 4.90 Å². The van der Waals surface area contributed by atoms with Crippen LogP contribution in [0.1, 0.15) is 25.2 Å². The summed E-state index contributed by atoms with van der Waals surface area (Å²) < 4.78 is 26.6. The van der Waals surface area contributed by atoms with E-state index in [4.69, 9.17) is 0 Å². The lowest BCUT2D eigenvalue weighted by Crippen LogP contribution is -2.32. The van der Waals surface area contributed by atoms with Crippen molar-refractivity contribution in [2.75, 3.05) is 19.6 Å². The second kappa shape index (κ2) is 6.83. The highest BCUT2D eigenvalue weighted by molar-refractivity contribution is 7.89. The van der Waals surface area contributed by atoms with Crippen molar-refractivity contribution in [1.29, 1.82) is 0 Å². The van der Waals surface area contributed by atoms with E-state index in [2.05, 4.69) is 22.1 Å². The van der Waals surface area contributed by atoms with E-state index in [9.17, 15) is 8.42 Å². The van der Waals surface area contributed by atoms with Crippen LogP contribution in [0.3, 0.4) is 0 Å². The minimum atomic E-state index is -3.53. The topological polar surface area (TPSA) is 78.1 Å². The molecule has 0 fully saturated rings. The molecule has 0 radical (unpaired) electrons. The normalized spacial score (nSPS) is 12.0. The van der Waals surface area contributed by atoms with E-state index in [1.807, 2.05) is 6.92 Å². The first-order chi connectivity index (χ1) is 8.98. The summed E-state index contributed by atoms with van der Waals surface area (Å²) >= 11 is 0. The first-order valence-corrected chi connectivity index (χ1v) is 7.78. The Morgan fingerprint density at radius 2 is 2.16 bits per heavy atom. The molecule has 0 bridgehead atoms. The van der Waals surface area contributed by atoms with Gasteiger partial charge in [-0.2, -0.15) is 9.40 Å². The first kappa shape index (κ1) is 15.9. The zero-order chi connectivity index (χ0) is 14.5. The van der Waals surface area contributed by atoms with Gasteiger partial charge >= 0.3 is 0 Å². The van der Waals surface area contributed by atoms with Crippen LogP contribution in [0.4, 0.5) is 0 Å². The van der Waals surface area contributed by atoms with Gasteiger partial charge in [0.2, 0.25) is 10.0 Å². The molecule has 1 rings (SSSR count). The third-order valence-corrected chi connectivity index (χ3v) is 4.93. The predicted molar refractivity (Wildman–Crippen MR) is 75.3 cm³/mol. The molecular weight excluding hydrogens is 264 g/mol. The number of aromatic nitrogens is 2. The molecule has 6 nitrogen and oxygen atoms in total. The number of hydrogen-bond donors (Lipinski definition) is 2. The van der Waals surface area contributed by atoms with Gasteiger partial charge in [0, 0.05) is 19.6 Å². The van der Waals surface area contributed by atoms with Gasteiger partial charge in [0.05, 0.1) is 11.4 Å². The van der Waals surface area contributed by atoms with Crippen molar-refractivity contribution in [1.82, 2.24) is 19.8 Å².